The lowest BCUT2D eigenvalue weighted by Gasteiger charge is -2.00. The fourth-order valence-corrected chi connectivity index (χ4v) is 1.00. The van der Waals surface area contributed by atoms with Crippen molar-refractivity contribution in [3.8, 4) is 0 Å². The molecule has 0 aliphatic rings. The number of para-hydroxylation sites is 1. The molecule has 0 aliphatic carbocycles. The molecule has 0 aliphatic heterocycles. The van der Waals surface area contributed by atoms with Crippen molar-refractivity contribution in [2.24, 2.45) is 4.99 Å². The Kier molecular flexibility index (Phi) is 5.90. The van der Waals surface area contributed by atoms with Gasteiger partial charge in [-0.2, -0.15) is 0 Å². The van der Waals surface area contributed by atoms with Gasteiger partial charge in [0, 0.05) is 10.6 Å². The lowest BCUT2D eigenvalue weighted by atomic mass is 10.2. The van der Waals surface area contributed by atoms with Gasteiger partial charge in [-0.15, -0.1) is 0 Å². The van der Waals surface area contributed by atoms with E-state index < -0.39 is 0 Å². The molecule has 1 nitrogen and oxygen atoms in total. The molecule has 0 atom stereocenters. The first-order valence-electron chi connectivity index (χ1n) is 4.16. The zero-order valence-corrected chi connectivity index (χ0v) is 8.80. The summed E-state index contributed by atoms with van der Waals surface area (Å²) >= 11 is 5.70. The predicted octanol–water partition coefficient (Wildman–Crippen LogP) is 4.25. The summed E-state index contributed by atoms with van der Waals surface area (Å²) in [5.41, 5.74) is 1.61. The normalized spacial score (nSPS) is 8.23. The molecule has 0 unspecified atom stereocenters. The van der Waals surface area contributed by atoms with Crippen molar-refractivity contribution < 1.29 is 0 Å². The Morgan fingerprint density at radius 3 is 2.23 bits per heavy atom. The summed E-state index contributed by atoms with van der Waals surface area (Å²) in [5, 5.41) is 0.494. The van der Waals surface area contributed by atoms with Gasteiger partial charge in [-0.05, 0) is 12.8 Å². The summed E-state index contributed by atoms with van der Waals surface area (Å²) in [7, 11) is 0. The standard InChI is InChI=1S/C9H8ClN.C2H6/c1-7(10)8-5-3-4-6-9(8)11-2;1-2/h3-6H,1-2H2;1-2H3. The van der Waals surface area contributed by atoms with Gasteiger partial charge in [-0.3, -0.25) is 4.99 Å². The molecule has 0 fully saturated rings. The zero-order valence-electron chi connectivity index (χ0n) is 8.05. The van der Waals surface area contributed by atoms with Gasteiger partial charge < -0.3 is 0 Å². The molecule has 0 bridgehead atoms. The van der Waals surface area contributed by atoms with E-state index in [2.05, 4.69) is 18.3 Å². The van der Waals surface area contributed by atoms with Crippen LogP contribution in [0.3, 0.4) is 0 Å². The van der Waals surface area contributed by atoms with Gasteiger partial charge in [0.2, 0.25) is 0 Å². The molecular weight excluding hydrogens is 182 g/mol. The van der Waals surface area contributed by atoms with Crippen molar-refractivity contribution in [2.75, 3.05) is 0 Å². The fraction of sp³-hybridized carbons (Fsp3) is 0.182. The molecule has 0 amide bonds. The molecule has 1 aromatic carbocycles. The van der Waals surface area contributed by atoms with Crippen LogP contribution in [0.1, 0.15) is 19.4 Å². The van der Waals surface area contributed by atoms with Crippen LogP contribution in [-0.2, 0) is 0 Å². The molecule has 1 rings (SSSR count). The second-order valence-electron chi connectivity index (χ2n) is 2.08. The SMILES string of the molecule is C=Nc1ccccc1C(=C)Cl.CC. The molecule has 70 valence electrons. The highest BCUT2D eigenvalue weighted by Crippen LogP contribution is 2.26. The summed E-state index contributed by atoms with van der Waals surface area (Å²) in [6, 6.07) is 7.47. The molecular formula is C11H14ClN. The Hall–Kier alpha value is -1.08. The zero-order chi connectivity index (χ0) is 10.3. The number of hydrogen-bond donors (Lipinski definition) is 0. The highest BCUT2D eigenvalue weighted by molar-refractivity contribution is 6.48. The third-order valence-corrected chi connectivity index (χ3v) is 1.57. The van der Waals surface area contributed by atoms with Crippen LogP contribution in [0, 0.1) is 0 Å². The monoisotopic (exact) mass is 195 g/mol. The van der Waals surface area contributed by atoms with Crippen LogP contribution in [0.5, 0.6) is 0 Å². The van der Waals surface area contributed by atoms with Gasteiger partial charge in [-0.25, -0.2) is 0 Å². The Morgan fingerprint density at radius 1 is 1.31 bits per heavy atom. The van der Waals surface area contributed by atoms with E-state index in [1.54, 1.807) is 0 Å². The molecule has 0 saturated heterocycles. The van der Waals surface area contributed by atoms with Crippen molar-refractivity contribution in [2.45, 2.75) is 13.8 Å². The second-order valence-corrected chi connectivity index (χ2v) is 2.54. The number of hydrogen-bond acceptors (Lipinski definition) is 1. The summed E-state index contributed by atoms with van der Waals surface area (Å²) in [5.74, 6) is 0. The Morgan fingerprint density at radius 2 is 1.85 bits per heavy atom. The summed E-state index contributed by atoms with van der Waals surface area (Å²) < 4.78 is 0. The van der Waals surface area contributed by atoms with Crippen molar-refractivity contribution in [3.63, 3.8) is 0 Å². The second kappa shape index (κ2) is 6.44. The van der Waals surface area contributed by atoms with Crippen molar-refractivity contribution in [1.29, 1.82) is 0 Å². The lowest BCUT2D eigenvalue weighted by molar-refractivity contribution is 1.50. The smallest absolute Gasteiger partial charge is 0.0709 e. The maximum Gasteiger partial charge on any atom is 0.0709 e. The van der Waals surface area contributed by atoms with E-state index in [9.17, 15) is 0 Å². The molecule has 0 spiro atoms. The number of rotatable bonds is 2. The number of aliphatic imine (C=N–C) groups is 1. The fourth-order valence-electron chi connectivity index (χ4n) is 0.841. The number of nitrogens with zero attached hydrogens (tertiary/aromatic N) is 1. The lowest BCUT2D eigenvalue weighted by Crippen LogP contribution is -1.75. The number of benzene rings is 1. The van der Waals surface area contributed by atoms with E-state index in [1.807, 2.05) is 38.1 Å². The molecule has 0 radical (unpaired) electrons. The third-order valence-electron chi connectivity index (χ3n) is 1.37. The minimum absolute atomic E-state index is 0.494. The van der Waals surface area contributed by atoms with Gasteiger partial charge in [0.15, 0.2) is 0 Å². The van der Waals surface area contributed by atoms with Crippen LogP contribution in [0.25, 0.3) is 5.03 Å². The third kappa shape index (κ3) is 3.43. The minimum Gasteiger partial charge on any atom is -0.264 e. The van der Waals surface area contributed by atoms with Gasteiger partial charge >= 0.3 is 0 Å². The molecule has 0 saturated carbocycles. The maximum atomic E-state index is 5.70. The average molecular weight is 196 g/mol. The van der Waals surface area contributed by atoms with Crippen LogP contribution < -0.4 is 0 Å². The maximum absolute atomic E-state index is 5.70. The minimum atomic E-state index is 0.494. The van der Waals surface area contributed by atoms with Crippen molar-refractivity contribution in [3.05, 3.63) is 36.4 Å². The largest absolute Gasteiger partial charge is 0.264 e. The molecule has 0 N–H and O–H groups in total. The highest BCUT2D eigenvalue weighted by Gasteiger charge is 1.99. The molecule has 0 aromatic heterocycles. The van der Waals surface area contributed by atoms with Crippen LogP contribution in [0.4, 0.5) is 5.69 Å². The van der Waals surface area contributed by atoms with Crippen LogP contribution in [0.15, 0.2) is 35.8 Å². The van der Waals surface area contributed by atoms with Gasteiger partial charge in [0.1, 0.15) is 0 Å². The number of halogens is 1. The predicted molar refractivity (Wildman–Crippen MR) is 61.9 cm³/mol. The quantitative estimate of drug-likeness (QED) is 0.626. The van der Waals surface area contributed by atoms with Gasteiger partial charge in [0.05, 0.1) is 5.69 Å². The molecule has 1 aromatic rings. The summed E-state index contributed by atoms with van der Waals surface area (Å²) in [6.45, 7) is 11.0. The van der Waals surface area contributed by atoms with Crippen molar-refractivity contribution >= 4 is 29.0 Å². The topological polar surface area (TPSA) is 12.4 Å². The van der Waals surface area contributed by atoms with E-state index in [0.717, 1.165) is 11.3 Å². The summed E-state index contributed by atoms with van der Waals surface area (Å²) in [4.78, 5) is 3.80. The first-order chi connectivity index (χ1) is 6.25. The van der Waals surface area contributed by atoms with E-state index in [1.165, 1.54) is 0 Å². The Labute approximate surface area is 84.8 Å². The van der Waals surface area contributed by atoms with E-state index in [-0.39, 0.29) is 0 Å². The van der Waals surface area contributed by atoms with E-state index in [0.29, 0.717) is 5.03 Å². The highest BCUT2D eigenvalue weighted by atomic mass is 35.5. The van der Waals surface area contributed by atoms with E-state index >= 15 is 0 Å². The van der Waals surface area contributed by atoms with E-state index in [4.69, 9.17) is 11.6 Å². The molecule has 13 heavy (non-hydrogen) atoms. The first-order valence-corrected chi connectivity index (χ1v) is 4.54. The first kappa shape index (κ1) is 11.9. The van der Waals surface area contributed by atoms with Crippen molar-refractivity contribution in [1.82, 2.24) is 0 Å². The van der Waals surface area contributed by atoms with Gasteiger partial charge in [0.25, 0.3) is 0 Å². The van der Waals surface area contributed by atoms with Gasteiger partial charge in [-0.1, -0.05) is 50.2 Å². The Balaban J connectivity index is 0.000000671. The molecule has 2 heteroatoms. The Bertz CT molecular complexity index is 292. The summed E-state index contributed by atoms with van der Waals surface area (Å²) in [6.07, 6.45) is 0. The van der Waals surface area contributed by atoms with Crippen LogP contribution in [-0.4, -0.2) is 6.72 Å². The van der Waals surface area contributed by atoms with Crippen LogP contribution >= 0.6 is 11.6 Å². The average Bonchev–Trinajstić information content (AvgIpc) is 2.20. The van der Waals surface area contributed by atoms with Crippen LogP contribution in [0.2, 0.25) is 0 Å². The molecule has 0 heterocycles.